The summed E-state index contributed by atoms with van der Waals surface area (Å²) in [4.78, 5) is 14.8. The van der Waals surface area contributed by atoms with Gasteiger partial charge in [0.15, 0.2) is 11.5 Å². The van der Waals surface area contributed by atoms with E-state index in [1.165, 1.54) is 6.42 Å². The minimum atomic E-state index is -0.117. The lowest BCUT2D eigenvalue weighted by molar-refractivity contribution is 0.0937. The molecule has 1 N–H and O–H groups in total. The van der Waals surface area contributed by atoms with E-state index >= 15 is 0 Å². The number of nitrogens with zero attached hydrogens (tertiary/aromatic N) is 1. The zero-order valence-electron chi connectivity index (χ0n) is 13.0. The molecule has 0 aromatic heterocycles. The first kappa shape index (κ1) is 15.6. The van der Waals surface area contributed by atoms with Gasteiger partial charge in [0.05, 0.1) is 19.8 Å². The highest BCUT2D eigenvalue weighted by molar-refractivity contribution is 5.97. The van der Waals surface area contributed by atoms with E-state index in [0.29, 0.717) is 29.6 Å². The minimum absolute atomic E-state index is 0.117. The molecule has 0 saturated carbocycles. The van der Waals surface area contributed by atoms with Gasteiger partial charge in [0, 0.05) is 12.6 Å². The number of carbonyl (C=O) groups excluding carboxylic acids is 1. The van der Waals surface area contributed by atoms with Crippen molar-refractivity contribution in [2.45, 2.75) is 25.8 Å². The first-order valence-electron chi connectivity index (χ1n) is 7.44. The smallest absolute Gasteiger partial charge is 0.255 e. The van der Waals surface area contributed by atoms with Gasteiger partial charge in [-0.1, -0.05) is 13.0 Å². The lowest BCUT2D eigenvalue weighted by Crippen LogP contribution is -2.40. The van der Waals surface area contributed by atoms with Crippen LogP contribution in [0.25, 0.3) is 0 Å². The molecular formula is C16H24N2O3. The molecule has 116 valence electrons. The fourth-order valence-electron chi connectivity index (χ4n) is 2.91. The minimum Gasteiger partial charge on any atom is -0.493 e. The summed E-state index contributed by atoms with van der Waals surface area (Å²) >= 11 is 0. The average Bonchev–Trinajstić information content (AvgIpc) is 2.99. The second-order valence-corrected chi connectivity index (χ2v) is 5.18. The summed E-state index contributed by atoms with van der Waals surface area (Å²) in [7, 11) is 3.11. The Morgan fingerprint density at radius 2 is 2.19 bits per heavy atom. The number of nitrogens with one attached hydrogen (secondary N) is 1. The Balaban J connectivity index is 2.03. The van der Waals surface area contributed by atoms with E-state index in [9.17, 15) is 4.79 Å². The first-order valence-corrected chi connectivity index (χ1v) is 7.44. The molecule has 1 saturated heterocycles. The molecule has 21 heavy (non-hydrogen) atoms. The Bertz CT molecular complexity index is 490. The summed E-state index contributed by atoms with van der Waals surface area (Å²) < 4.78 is 10.5. The van der Waals surface area contributed by atoms with Crippen LogP contribution < -0.4 is 14.8 Å². The zero-order valence-corrected chi connectivity index (χ0v) is 13.0. The van der Waals surface area contributed by atoms with Crippen molar-refractivity contribution >= 4 is 5.91 Å². The maximum Gasteiger partial charge on any atom is 0.255 e. The predicted octanol–water partition coefficient (Wildman–Crippen LogP) is 1.92. The predicted molar refractivity (Wildman–Crippen MR) is 82.1 cm³/mol. The molecule has 2 rings (SSSR count). The number of hydrogen-bond acceptors (Lipinski definition) is 4. The quantitative estimate of drug-likeness (QED) is 0.870. The van der Waals surface area contributed by atoms with E-state index in [4.69, 9.17) is 9.47 Å². The van der Waals surface area contributed by atoms with Crippen molar-refractivity contribution in [3.8, 4) is 11.5 Å². The van der Waals surface area contributed by atoms with Gasteiger partial charge in [0.2, 0.25) is 0 Å². The van der Waals surface area contributed by atoms with Crippen LogP contribution >= 0.6 is 0 Å². The molecule has 0 bridgehead atoms. The van der Waals surface area contributed by atoms with E-state index in [-0.39, 0.29) is 5.91 Å². The van der Waals surface area contributed by atoms with Gasteiger partial charge in [-0.2, -0.15) is 0 Å². The monoisotopic (exact) mass is 292 g/mol. The van der Waals surface area contributed by atoms with Gasteiger partial charge in [0.1, 0.15) is 0 Å². The largest absolute Gasteiger partial charge is 0.493 e. The van der Waals surface area contributed by atoms with Crippen molar-refractivity contribution in [1.82, 2.24) is 10.2 Å². The average molecular weight is 292 g/mol. The molecule has 1 aliphatic heterocycles. The van der Waals surface area contributed by atoms with E-state index in [1.807, 2.05) is 0 Å². The second kappa shape index (κ2) is 7.31. The molecule has 0 unspecified atom stereocenters. The Morgan fingerprint density at radius 1 is 1.38 bits per heavy atom. The number of hydrogen-bond donors (Lipinski definition) is 1. The lowest BCUT2D eigenvalue weighted by atomic mass is 10.1. The Labute approximate surface area is 126 Å². The number of likely N-dealkylation sites (N-methyl/N-ethyl adjacent to an activating group) is 1. The third-order valence-corrected chi connectivity index (χ3v) is 4.05. The topological polar surface area (TPSA) is 50.8 Å². The fraction of sp³-hybridized carbons (Fsp3) is 0.562. The SMILES string of the molecule is CCN1CCC[C@H]1CNC(=O)c1cccc(OC)c1OC. The number of para-hydroxylation sites is 1. The number of methoxy groups -OCH3 is 2. The van der Waals surface area contributed by atoms with Crippen LogP contribution in [0, 0.1) is 0 Å². The van der Waals surface area contributed by atoms with E-state index in [2.05, 4.69) is 17.1 Å². The highest BCUT2D eigenvalue weighted by Gasteiger charge is 2.24. The van der Waals surface area contributed by atoms with Gasteiger partial charge in [-0.3, -0.25) is 9.69 Å². The number of likely N-dealkylation sites (tertiary alicyclic amines) is 1. The van der Waals surface area contributed by atoms with Crippen LogP contribution in [0.4, 0.5) is 0 Å². The van der Waals surface area contributed by atoms with Crippen LogP contribution in [0.2, 0.25) is 0 Å². The highest BCUT2D eigenvalue weighted by Crippen LogP contribution is 2.30. The Hall–Kier alpha value is -1.75. The molecule has 5 nitrogen and oxygen atoms in total. The van der Waals surface area contributed by atoms with Crippen molar-refractivity contribution in [3.05, 3.63) is 23.8 Å². The number of carbonyl (C=O) groups is 1. The van der Waals surface area contributed by atoms with Crippen LogP contribution in [0.1, 0.15) is 30.1 Å². The van der Waals surface area contributed by atoms with Gasteiger partial charge < -0.3 is 14.8 Å². The summed E-state index contributed by atoms with van der Waals surface area (Å²) in [6.45, 7) is 4.99. The Morgan fingerprint density at radius 3 is 2.86 bits per heavy atom. The molecule has 1 amide bonds. The molecule has 1 aromatic rings. The maximum absolute atomic E-state index is 12.4. The van der Waals surface area contributed by atoms with E-state index < -0.39 is 0 Å². The van der Waals surface area contributed by atoms with E-state index in [0.717, 1.165) is 19.5 Å². The molecule has 1 fully saturated rings. The molecule has 1 aromatic carbocycles. The number of rotatable bonds is 6. The van der Waals surface area contributed by atoms with Crippen LogP contribution in [-0.4, -0.2) is 50.7 Å². The summed E-state index contributed by atoms with van der Waals surface area (Å²) in [5.74, 6) is 0.936. The molecular weight excluding hydrogens is 268 g/mol. The number of ether oxygens (including phenoxy) is 2. The summed E-state index contributed by atoms with van der Waals surface area (Å²) in [6, 6.07) is 5.77. The van der Waals surface area contributed by atoms with Crippen molar-refractivity contribution < 1.29 is 14.3 Å². The normalized spacial score (nSPS) is 18.5. The molecule has 0 radical (unpaired) electrons. The highest BCUT2D eigenvalue weighted by atomic mass is 16.5. The van der Waals surface area contributed by atoms with Crippen molar-refractivity contribution in [3.63, 3.8) is 0 Å². The van der Waals surface area contributed by atoms with Crippen LogP contribution in [-0.2, 0) is 0 Å². The molecule has 5 heteroatoms. The van der Waals surface area contributed by atoms with Crippen molar-refractivity contribution in [1.29, 1.82) is 0 Å². The van der Waals surface area contributed by atoms with Gasteiger partial charge in [-0.15, -0.1) is 0 Å². The Kier molecular flexibility index (Phi) is 5.44. The lowest BCUT2D eigenvalue weighted by Gasteiger charge is -2.23. The molecule has 0 aliphatic carbocycles. The molecule has 1 aliphatic rings. The summed E-state index contributed by atoms with van der Waals surface area (Å²) in [5, 5.41) is 3.02. The van der Waals surface area contributed by atoms with E-state index in [1.54, 1.807) is 32.4 Å². The van der Waals surface area contributed by atoms with Gasteiger partial charge in [-0.25, -0.2) is 0 Å². The van der Waals surface area contributed by atoms with Gasteiger partial charge >= 0.3 is 0 Å². The summed E-state index contributed by atoms with van der Waals surface area (Å²) in [6.07, 6.45) is 2.35. The maximum atomic E-state index is 12.4. The number of benzene rings is 1. The fourth-order valence-corrected chi connectivity index (χ4v) is 2.91. The van der Waals surface area contributed by atoms with Crippen molar-refractivity contribution in [2.24, 2.45) is 0 Å². The number of amides is 1. The van der Waals surface area contributed by atoms with Crippen LogP contribution in [0.15, 0.2) is 18.2 Å². The molecule has 1 heterocycles. The molecule has 1 atom stereocenters. The van der Waals surface area contributed by atoms with Crippen LogP contribution in [0.3, 0.4) is 0 Å². The molecule has 0 spiro atoms. The van der Waals surface area contributed by atoms with Crippen LogP contribution in [0.5, 0.6) is 11.5 Å². The summed E-state index contributed by atoms with van der Waals surface area (Å²) in [5.41, 5.74) is 0.512. The van der Waals surface area contributed by atoms with Crippen molar-refractivity contribution in [2.75, 3.05) is 33.9 Å². The third-order valence-electron chi connectivity index (χ3n) is 4.05. The van der Waals surface area contributed by atoms with Gasteiger partial charge in [0.25, 0.3) is 5.91 Å². The first-order chi connectivity index (χ1) is 10.2. The van der Waals surface area contributed by atoms with Gasteiger partial charge in [-0.05, 0) is 38.1 Å². The third kappa shape index (κ3) is 3.47. The zero-order chi connectivity index (χ0) is 15.2. The standard InChI is InChI=1S/C16H24N2O3/c1-4-18-10-6-7-12(18)11-17-16(19)13-8-5-9-14(20-2)15(13)21-3/h5,8-9,12H,4,6-7,10-11H2,1-3H3,(H,17,19)/t12-/m0/s1. The second-order valence-electron chi connectivity index (χ2n) is 5.18.